The van der Waals surface area contributed by atoms with E-state index in [1.165, 1.54) is 12.8 Å². The van der Waals surface area contributed by atoms with Crippen LogP contribution in [0.3, 0.4) is 0 Å². The SMILES string of the molecule is Cc1ccc(C2OC34CCCCCCCCCCC3C(C#N)(C(=N)O4)C2(C#N)C#N)cc1. The van der Waals surface area contributed by atoms with Crippen LogP contribution in [0.15, 0.2) is 24.3 Å². The van der Waals surface area contributed by atoms with Gasteiger partial charge >= 0.3 is 0 Å². The highest BCUT2D eigenvalue weighted by molar-refractivity contribution is 5.89. The number of nitriles is 3. The maximum absolute atomic E-state index is 10.5. The number of aryl methyl sites for hydroxylation is 1. The second kappa shape index (κ2) is 8.57. The van der Waals surface area contributed by atoms with Gasteiger partial charge in [-0.25, -0.2) is 0 Å². The monoisotopic (exact) mass is 430 g/mol. The Morgan fingerprint density at radius 1 is 0.875 bits per heavy atom. The van der Waals surface area contributed by atoms with Crippen molar-refractivity contribution < 1.29 is 9.47 Å². The third-order valence-corrected chi connectivity index (χ3v) is 7.70. The molecular formula is C26H30N4O2. The van der Waals surface area contributed by atoms with Crippen LogP contribution in [0.25, 0.3) is 0 Å². The number of hydrogen-bond acceptors (Lipinski definition) is 6. The quantitative estimate of drug-likeness (QED) is 0.601. The van der Waals surface area contributed by atoms with E-state index in [2.05, 4.69) is 18.2 Å². The van der Waals surface area contributed by atoms with Crippen LogP contribution in [0, 0.1) is 63.1 Å². The normalized spacial score (nSPS) is 34.4. The molecule has 0 aromatic heterocycles. The predicted octanol–water partition coefficient (Wildman–Crippen LogP) is 5.84. The van der Waals surface area contributed by atoms with Gasteiger partial charge in [0.15, 0.2) is 5.41 Å². The van der Waals surface area contributed by atoms with Crippen molar-refractivity contribution in [2.75, 3.05) is 0 Å². The molecule has 1 N–H and O–H groups in total. The molecule has 0 radical (unpaired) electrons. The summed E-state index contributed by atoms with van der Waals surface area (Å²) in [6.07, 6.45) is 8.65. The first-order valence-corrected chi connectivity index (χ1v) is 11.8. The lowest BCUT2D eigenvalue weighted by atomic mass is 9.52. The first kappa shape index (κ1) is 22.3. The number of benzene rings is 1. The number of hydrogen-bond donors (Lipinski definition) is 1. The second-order valence-electron chi connectivity index (χ2n) is 9.52. The van der Waals surface area contributed by atoms with Gasteiger partial charge in [-0.2, -0.15) is 15.8 Å². The summed E-state index contributed by atoms with van der Waals surface area (Å²) in [6, 6.07) is 14.2. The molecule has 0 spiro atoms. The van der Waals surface area contributed by atoms with Gasteiger partial charge in [0.2, 0.25) is 17.1 Å². The predicted molar refractivity (Wildman–Crippen MR) is 118 cm³/mol. The van der Waals surface area contributed by atoms with Crippen molar-refractivity contribution in [1.29, 1.82) is 21.2 Å². The van der Waals surface area contributed by atoms with Gasteiger partial charge in [0.05, 0.1) is 24.1 Å². The smallest absolute Gasteiger partial charge is 0.217 e. The molecule has 3 fully saturated rings. The van der Waals surface area contributed by atoms with E-state index in [1.807, 2.05) is 31.2 Å². The zero-order valence-electron chi connectivity index (χ0n) is 18.7. The van der Waals surface area contributed by atoms with Gasteiger partial charge in [-0.3, -0.25) is 5.41 Å². The van der Waals surface area contributed by atoms with E-state index in [-0.39, 0.29) is 5.90 Å². The largest absolute Gasteiger partial charge is 0.447 e. The van der Waals surface area contributed by atoms with E-state index < -0.39 is 28.6 Å². The minimum absolute atomic E-state index is 0.280. The van der Waals surface area contributed by atoms with Crippen LogP contribution in [0.1, 0.15) is 81.4 Å². The third-order valence-electron chi connectivity index (χ3n) is 7.70. The molecule has 2 saturated heterocycles. The van der Waals surface area contributed by atoms with Gasteiger partial charge in [-0.1, -0.05) is 74.8 Å². The van der Waals surface area contributed by atoms with E-state index >= 15 is 0 Å². The molecule has 6 heteroatoms. The van der Waals surface area contributed by atoms with E-state index in [9.17, 15) is 15.8 Å². The molecule has 2 heterocycles. The summed E-state index contributed by atoms with van der Waals surface area (Å²) < 4.78 is 12.8. The number of nitrogens with one attached hydrogen (secondary N) is 1. The summed E-state index contributed by atoms with van der Waals surface area (Å²) in [5.74, 6) is -1.95. The third kappa shape index (κ3) is 3.11. The fourth-order valence-electron chi connectivity index (χ4n) is 5.96. The molecule has 4 unspecified atom stereocenters. The number of ether oxygens (including phenoxy) is 2. The van der Waals surface area contributed by atoms with E-state index in [0.717, 1.165) is 44.1 Å². The topological polar surface area (TPSA) is 114 Å². The standard InChI is InChI=1S/C26H30N4O2/c1-19-11-13-20(14-12-19)22-24(16-27,17-28)25(18-29)21-10-8-6-4-2-3-5-7-9-15-26(21,31-22)32-23(25)30/h11-14,21-22,30H,2-10,15H2,1H3. The molecule has 1 aromatic rings. The van der Waals surface area contributed by atoms with Gasteiger partial charge < -0.3 is 9.47 Å². The highest BCUT2D eigenvalue weighted by Crippen LogP contribution is 2.68. The van der Waals surface area contributed by atoms with Crippen LogP contribution in [0.2, 0.25) is 0 Å². The van der Waals surface area contributed by atoms with Crippen molar-refractivity contribution in [1.82, 2.24) is 0 Å². The summed E-state index contributed by atoms with van der Waals surface area (Å²) in [6.45, 7) is 1.97. The lowest BCUT2D eigenvalue weighted by Crippen LogP contribution is -2.59. The molecule has 166 valence electrons. The summed E-state index contributed by atoms with van der Waals surface area (Å²) in [5, 5.41) is 40.1. The Kier molecular flexibility index (Phi) is 5.98. The van der Waals surface area contributed by atoms with Gasteiger partial charge in [-0.15, -0.1) is 0 Å². The summed E-state index contributed by atoms with van der Waals surface area (Å²) in [5.41, 5.74) is -1.81. The van der Waals surface area contributed by atoms with E-state index in [0.29, 0.717) is 18.4 Å². The van der Waals surface area contributed by atoms with E-state index in [4.69, 9.17) is 14.9 Å². The molecule has 0 amide bonds. The molecule has 1 aliphatic carbocycles. The lowest BCUT2D eigenvalue weighted by Gasteiger charge is -2.50. The van der Waals surface area contributed by atoms with Gasteiger partial charge in [0.1, 0.15) is 6.10 Å². The maximum Gasteiger partial charge on any atom is 0.217 e. The molecule has 2 bridgehead atoms. The fraction of sp³-hybridized carbons (Fsp3) is 0.615. The average molecular weight is 431 g/mol. The summed E-state index contributed by atoms with van der Waals surface area (Å²) >= 11 is 0. The number of nitrogens with zero attached hydrogens (tertiary/aromatic N) is 3. The minimum Gasteiger partial charge on any atom is -0.447 e. The Balaban J connectivity index is 1.88. The number of rotatable bonds is 1. The van der Waals surface area contributed by atoms with Gasteiger partial charge in [0.25, 0.3) is 0 Å². The first-order valence-electron chi connectivity index (χ1n) is 11.8. The second-order valence-corrected chi connectivity index (χ2v) is 9.52. The molecule has 1 saturated carbocycles. The molecule has 4 atom stereocenters. The first-order chi connectivity index (χ1) is 15.5. The van der Waals surface area contributed by atoms with Gasteiger partial charge in [-0.05, 0) is 25.3 Å². The highest BCUT2D eigenvalue weighted by atomic mass is 16.7. The molecule has 32 heavy (non-hydrogen) atoms. The van der Waals surface area contributed by atoms with Crippen LogP contribution >= 0.6 is 0 Å². The zero-order chi connectivity index (χ0) is 22.8. The van der Waals surface area contributed by atoms with Crippen molar-refractivity contribution in [2.45, 2.75) is 83.0 Å². The Morgan fingerprint density at radius 3 is 2.06 bits per heavy atom. The molecule has 6 nitrogen and oxygen atoms in total. The molecule has 1 aromatic carbocycles. The summed E-state index contributed by atoms with van der Waals surface area (Å²) in [4.78, 5) is 0. The Morgan fingerprint density at radius 2 is 1.47 bits per heavy atom. The maximum atomic E-state index is 10.5. The fourth-order valence-corrected chi connectivity index (χ4v) is 5.96. The molecule has 2 aliphatic heterocycles. The van der Waals surface area contributed by atoms with Crippen LogP contribution in [-0.4, -0.2) is 11.7 Å². The lowest BCUT2D eigenvalue weighted by molar-refractivity contribution is -0.287. The molecule has 3 aliphatic rings. The van der Waals surface area contributed by atoms with Crippen LogP contribution in [0.4, 0.5) is 0 Å². The summed E-state index contributed by atoms with van der Waals surface area (Å²) in [7, 11) is 0. The van der Waals surface area contributed by atoms with Crippen LogP contribution < -0.4 is 0 Å². The minimum atomic E-state index is -1.87. The van der Waals surface area contributed by atoms with Crippen LogP contribution in [-0.2, 0) is 9.47 Å². The van der Waals surface area contributed by atoms with Gasteiger partial charge in [0, 0.05) is 6.42 Å². The van der Waals surface area contributed by atoms with Crippen molar-refractivity contribution in [3.8, 4) is 18.2 Å². The zero-order valence-corrected chi connectivity index (χ0v) is 18.7. The van der Waals surface area contributed by atoms with E-state index in [1.54, 1.807) is 0 Å². The Bertz CT molecular complexity index is 985. The van der Waals surface area contributed by atoms with Crippen LogP contribution in [0.5, 0.6) is 0 Å². The van der Waals surface area contributed by atoms with Crippen molar-refractivity contribution in [3.63, 3.8) is 0 Å². The van der Waals surface area contributed by atoms with Crippen molar-refractivity contribution in [3.05, 3.63) is 35.4 Å². The molecule has 4 rings (SSSR count). The van der Waals surface area contributed by atoms with Crippen molar-refractivity contribution in [2.24, 2.45) is 16.7 Å². The molecular weight excluding hydrogens is 400 g/mol. The Hall–Kier alpha value is -2.88. The Labute approximate surface area is 190 Å². The van der Waals surface area contributed by atoms with Crippen molar-refractivity contribution >= 4 is 5.90 Å². The average Bonchev–Trinajstić information content (AvgIpc) is 2.97. The highest BCUT2D eigenvalue weighted by Gasteiger charge is 2.79.